The number of rotatable bonds is 7. The lowest BCUT2D eigenvalue weighted by atomic mass is 10.2. The zero-order valence-corrected chi connectivity index (χ0v) is 17.8. The first-order valence-electron chi connectivity index (χ1n) is 9.03. The molecule has 152 valence electrons. The van der Waals surface area contributed by atoms with E-state index in [-0.39, 0.29) is 5.91 Å². The molecule has 0 aliphatic carbocycles. The summed E-state index contributed by atoms with van der Waals surface area (Å²) < 4.78 is 5.39. The van der Waals surface area contributed by atoms with E-state index in [1.165, 1.54) is 30.0 Å². The third kappa shape index (κ3) is 5.01. The van der Waals surface area contributed by atoms with Gasteiger partial charge in [0.2, 0.25) is 5.13 Å². The van der Waals surface area contributed by atoms with Crippen molar-refractivity contribution in [1.29, 1.82) is 0 Å². The van der Waals surface area contributed by atoms with Gasteiger partial charge in [0.25, 0.3) is 5.91 Å². The Labute approximate surface area is 176 Å². The van der Waals surface area contributed by atoms with Gasteiger partial charge in [0.1, 0.15) is 10.8 Å². The van der Waals surface area contributed by atoms with Crippen molar-refractivity contribution >= 4 is 51.4 Å². The Hall–Kier alpha value is -2.72. The van der Waals surface area contributed by atoms with Crippen molar-refractivity contribution in [1.82, 2.24) is 15.1 Å². The van der Waals surface area contributed by atoms with Crippen LogP contribution in [0.2, 0.25) is 0 Å². The molecule has 1 amide bonds. The van der Waals surface area contributed by atoms with Crippen molar-refractivity contribution in [2.75, 3.05) is 6.54 Å². The first-order valence-corrected chi connectivity index (χ1v) is 10.7. The zero-order chi connectivity index (χ0) is 21.0. The number of hydrogen-bond acceptors (Lipinski definition) is 8. The van der Waals surface area contributed by atoms with Gasteiger partial charge in [-0.1, -0.05) is 30.4 Å². The second-order valence-electron chi connectivity index (χ2n) is 6.06. The number of nitrogens with zero attached hydrogens (tertiary/aromatic N) is 4. The number of amides is 1. The average molecular weight is 433 g/mol. The molecule has 1 N–H and O–H groups in total. The lowest BCUT2D eigenvalue weighted by molar-refractivity contribution is -0.144. The molecule has 2 aromatic rings. The maximum absolute atomic E-state index is 12.8. The number of benzene rings is 1. The van der Waals surface area contributed by atoms with Crippen molar-refractivity contribution in [2.24, 2.45) is 4.99 Å². The van der Waals surface area contributed by atoms with E-state index >= 15 is 0 Å². The molecule has 29 heavy (non-hydrogen) atoms. The number of aliphatic carboxylic acids is 1. The van der Waals surface area contributed by atoms with Gasteiger partial charge in [-0.05, 0) is 55.8 Å². The highest BCUT2D eigenvalue weighted by Gasteiger charge is 2.32. The Balaban J connectivity index is 1.84. The highest BCUT2D eigenvalue weighted by molar-refractivity contribution is 8.18. The molecule has 1 aromatic heterocycles. The first-order chi connectivity index (χ1) is 13.9. The van der Waals surface area contributed by atoms with E-state index in [0.29, 0.717) is 27.5 Å². The van der Waals surface area contributed by atoms with Crippen molar-refractivity contribution in [3.8, 4) is 5.75 Å². The van der Waals surface area contributed by atoms with Crippen LogP contribution in [0.4, 0.5) is 5.13 Å². The van der Waals surface area contributed by atoms with Gasteiger partial charge >= 0.3 is 5.97 Å². The van der Waals surface area contributed by atoms with Crippen LogP contribution >= 0.6 is 23.1 Å². The van der Waals surface area contributed by atoms with E-state index in [2.05, 4.69) is 15.2 Å². The predicted molar refractivity (Wildman–Crippen MR) is 114 cm³/mol. The van der Waals surface area contributed by atoms with Crippen LogP contribution < -0.4 is 4.74 Å². The van der Waals surface area contributed by atoms with Crippen LogP contribution in [0.25, 0.3) is 6.08 Å². The molecule has 1 saturated heterocycles. The van der Waals surface area contributed by atoms with Gasteiger partial charge in [-0.3, -0.25) is 9.69 Å². The number of likely N-dealkylation sites (N-methyl/N-ethyl adjacent to an activating group) is 1. The first kappa shape index (κ1) is 21.0. The normalized spacial score (nSPS) is 17.9. The van der Waals surface area contributed by atoms with Crippen LogP contribution in [-0.4, -0.2) is 49.9 Å². The molecule has 2 heterocycles. The summed E-state index contributed by atoms with van der Waals surface area (Å²) in [6.45, 7) is 5.83. The SMILES string of the molecule is CCc1nnc(/N=C2/S/C(=C/c3cccc(OC(C)C(=O)O)c3)C(=O)N2CC)s1. The van der Waals surface area contributed by atoms with Gasteiger partial charge in [0.05, 0.1) is 4.91 Å². The largest absolute Gasteiger partial charge is 0.479 e. The van der Waals surface area contributed by atoms with E-state index < -0.39 is 12.1 Å². The van der Waals surface area contributed by atoms with Crippen LogP contribution in [0.5, 0.6) is 5.75 Å². The third-order valence-electron chi connectivity index (χ3n) is 3.97. The Kier molecular flexibility index (Phi) is 6.65. The molecule has 1 atom stereocenters. The summed E-state index contributed by atoms with van der Waals surface area (Å²) >= 11 is 2.68. The Morgan fingerprint density at radius 3 is 2.83 bits per heavy atom. The maximum atomic E-state index is 12.8. The second kappa shape index (κ2) is 9.19. The monoisotopic (exact) mass is 432 g/mol. The van der Waals surface area contributed by atoms with Crippen molar-refractivity contribution in [3.63, 3.8) is 0 Å². The second-order valence-corrected chi connectivity index (χ2v) is 8.11. The number of carbonyl (C=O) groups is 2. The molecule has 0 bridgehead atoms. The van der Waals surface area contributed by atoms with Crippen LogP contribution in [0.15, 0.2) is 34.2 Å². The van der Waals surface area contributed by atoms with Gasteiger partial charge < -0.3 is 9.84 Å². The molecule has 1 aliphatic rings. The predicted octanol–water partition coefficient (Wildman–Crippen LogP) is 3.58. The minimum Gasteiger partial charge on any atom is -0.479 e. The number of ether oxygens (including phenoxy) is 1. The van der Waals surface area contributed by atoms with Crippen molar-refractivity contribution < 1.29 is 19.4 Å². The molecule has 10 heteroatoms. The van der Waals surface area contributed by atoms with Crippen LogP contribution in [-0.2, 0) is 16.0 Å². The highest BCUT2D eigenvalue weighted by atomic mass is 32.2. The number of carbonyl (C=O) groups excluding carboxylic acids is 1. The lowest BCUT2D eigenvalue weighted by Crippen LogP contribution is -2.28. The van der Waals surface area contributed by atoms with Crippen LogP contribution in [0.3, 0.4) is 0 Å². The Morgan fingerprint density at radius 2 is 2.17 bits per heavy atom. The summed E-state index contributed by atoms with van der Waals surface area (Å²) in [6.07, 6.45) is 1.57. The summed E-state index contributed by atoms with van der Waals surface area (Å²) in [7, 11) is 0. The molecule has 1 unspecified atom stereocenters. The number of carboxylic acid groups (broad SMARTS) is 1. The zero-order valence-electron chi connectivity index (χ0n) is 16.2. The van der Waals surface area contributed by atoms with Gasteiger partial charge in [-0.25, -0.2) is 4.79 Å². The minimum atomic E-state index is -1.04. The highest BCUT2D eigenvalue weighted by Crippen LogP contribution is 2.35. The van der Waals surface area contributed by atoms with E-state index in [4.69, 9.17) is 9.84 Å². The fourth-order valence-electron chi connectivity index (χ4n) is 2.47. The number of thioether (sulfide) groups is 1. The fraction of sp³-hybridized carbons (Fsp3) is 0.316. The van der Waals surface area contributed by atoms with E-state index in [9.17, 15) is 9.59 Å². The molecule has 1 fully saturated rings. The van der Waals surface area contributed by atoms with E-state index in [0.717, 1.165) is 17.0 Å². The molecule has 3 rings (SSSR count). The van der Waals surface area contributed by atoms with Gasteiger partial charge in [0.15, 0.2) is 11.3 Å². The molecule has 0 saturated carbocycles. The maximum Gasteiger partial charge on any atom is 0.344 e. The smallest absolute Gasteiger partial charge is 0.344 e. The molecular weight excluding hydrogens is 412 g/mol. The van der Waals surface area contributed by atoms with Gasteiger partial charge in [-0.2, -0.15) is 4.99 Å². The minimum absolute atomic E-state index is 0.137. The van der Waals surface area contributed by atoms with Gasteiger partial charge in [0, 0.05) is 6.54 Å². The van der Waals surface area contributed by atoms with E-state index in [1.54, 1.807) is 29.2 Å². The fourth-order valence-corrected chi connectivity index (χ4v) is 4.22. The summed E-state index contributed by atoms with van der Waals surface area (Å²) in [6, 6.07) is 6.95. The quantitative estimate of drug-likeness (QED) is 0.667. The number of hydrogen-bond donors (Lipinski definition) is 1. The number of amidine groups is 1. The molecule has 0 radical (unpaired) electrons. The standard InChI is InChI=1S/C19H20N4O4S2/c1-4-15-21-22-18(29-15)20-19-23(5-2)16(24)14(28-19)10-12-7-6-8-13(9-12)27-11(3)17(25)26/h6-11H,4-5H2,1-3H3,(H,25,26)/b14-10+,20-19+. The van der Waals surface area contributed by atoms with E-state index in [1.807, 2.05) is 19.9 Å². The summed E-state index contributed by atoms with van der Waals surface area (Å²) in [5.74, 6) is -0.758. The van der Waals surface area contributed by atoms with Crippen LogP contribution in [0.1, 0.15) is 31.3 Å². The Morgan fingerprint density at radius 1 is 1.38 bits per heavy atom. The molecule has 1 aromatic carbocycles. The summed E-state index contributed by atoms with van der Waals surface area (Å²) in [4.78, 5) is 30.4. The van der Waals surface area contributed by atoms with Gasteiger partial charge in [-0.15, -0.1) is 10.2 Å². The van der Waals surface area contributed by atoms with Crippen molar-refractivity contribution in [3.05, 3.63) is 39.7 Å². The number of aromatic nitrogens is 2. The molecule has 8 nitrogen and oxygen atoms in total. The van der Waals surface area contributed by atoms with Crippen molar-refractivity contribution in [2.45, 2.75) is 33.3 Å². The van der Waals surface area contributed by atoms with Crippen LogP contribution in [0, 0.1) is 0 Å². The summed E-state index contributed by atoms with van der Waals surface area (Å²) in [5, 5.41) is 19.1. The topological polar surface area (TPSA) is 105 Å². The molecule has 0 spiro atoms. The third-order valence-corrected chi connectivity index (χ3v) is 5.94. The molecule has 1 aliphatic heterocycles. The Bertz CT molecular complexity index is 986. The lowest BCUT2D eigenvalue weighted by Gasteiger charge is -2.11. The number of aliphatic imine (C=N–C) groups is 1. The number of carboxylic acids is 1. The number of aryl methyl sites for hydroxylation is 1. The molecular formula is C19H20N4O4S2. The average Bonchev–Trinajstić information content (AvgIpc) is 3.26. The summed E-state index contributed by atoms with van der Waals surface area (Å²) in [5.41, 5.74) is 0.734.